The summed E-state index contributed by atoms with van der Waals surface area (Å²) in [6.45, 7) is 1.32. The summed E-state index contributed by atoms with van der Waals surface area (Å²) in [7, 11) is 1.58. The summed E-state index contributed by atoms with van der Waals surface area (Å²) < 4.78 is 10.8. The molecule has 4 heteroatoms. The van der Waals surface area contributed by atoms with E-state index in [1.54, 1.807) is 31.4 Å². The maximum Gasteiger partial charge on any atom is 0.196 e. The summed E-state index contributed by atoms with van der Waals surface area (Å²) in [5.74, 6) is 1.23. The lowest BCUT2D eigenvalue weighted by atomic mass is 10.0. The highest BCUT2D eigenvalue weighted by atomic mass is 16.5. The molecule has 0 fully saturated rings. The summed E-state index contributed by atoms with van der Waals surface area (Å²) >= 11 is 0. The van der Waals surface area contributed by atoms with Gasteiger partial charge in [0.2, 0.25) is 0 Å². The van der Waals surface area contributed by atoms with Crippen molar-refractivity contribution in [3.8, 4) is 11.5 Å². The highest BCUT2D eigenvalue weighted by Gasteiger charge is 2.20. The van der Waals surface area contributed by atoms with E-state index >= 15 is 0 Å². The van der Waals surface area contributed by atoms with E-state index in [4.69, 9.17) is 9.47 Å². The van der Waals surface area contributed by atoms with Gasteiger partial charge in [-0.05, 0) is 24.3 Å². The molecule has 0 aliphatic carbocycles. The Morgan fingerprint density at radius 1 is 1.25 bits per heavy atom. The van der Waals surface area contributed by atoms with E-state index in [-0.39, 0.29) is 5.78 Å². The summed E-state index contributed by atoms with van der Waals surface area (Å²) in [5, 5.41) is 3.23. The highest BCUT2D eigenvalue weighted by molar-refractivity contribution is 6.11. The van der Waals surface area contributed by atoms with Crippen LogP contribution in [0.3, 0.4) is 0 Å². The van der Waals surface area contributed by atoms with Gasteiger partial charge in [-0.15, -0.1) is 0 Å². The average molecular weight is 269 g/mol. The van der Waals surface area contributed by atoms with Gasteiger partial charge in [0.05, 0.1) is 18.4 Å². The molecule has 1 heterocycles. The number of nitrogens with one attached hydrogen (secondary N) is 1. The molecule has 1 N–H and O–H groups in total. The third kappa shape index (κ3) is 2.20. The first-order valence-corrected chi connectivity index (χ1v) is 6.48. The largest absolute Gasteiger partial charge is 0.497 e. The van der Waals surface area contributed by atoms with Crippen molar-refractivity contribution in [1.29, 1.82) is 0 Å². The lowest BCUT2D eigenvalue weighted by Crippen LogP contribution is -2.20. The Labute approximate surface area is 117 Å². The van der Waals surface area contributed by atoms with E-state index in [1.807, 2.05) is 18.2 Å². The average Bonchev–Trinajstić information content (AvgIpc) is 2.53. The smallest absolute Gasteiger partial charge is 0.196 e. The van der Waals surface area contributed by atoms with Gasteiger partial charge in [-0.2, -0.15) is 0 Å². The van der Waals surface area contributed by atoms with Crippen molar-refractivity contribution in [2.45, 2.75) is 0 Å². The van der Waals surface area contributed by atoms with Gasteiger partial charge in [-0.25, -0.2) is 0 Å². The van der Waals surface area contributed by atoms with Gasteiger partial charge in [0.15, 0.2) is 11.5 Å². The van der Waals surface area contributed by atoms with Crippen LogP contribution in [0.2, 0.25) is 0 Å². The Kier molecular flexibility index (Phi) is 3.29. The number of benzene rings is 2. The molecule has 0 atom stereocenters. The first-order chi connectivity index (χ1) is 9.79. The second kappa shape index (κ2) is 5.25. The normalized spacial score (nSPS) is 12.8. The van der Waals surface area contributed by atoms with Crippen LogP contribution < -0.4 is 14.8 Å². The minimum Gasteiger partial charge on any atom is -0.497 e. The van der Waals surface area contributed by atoms with Crippen molar-refractivity contribution in [2.24, 2.45) is 0 Å². The zero-order chi connectivity index (χ0) is 13.9. The van der Waals surface area contributed by atoms with Gasteiger partial charge in [-0.1, -0.05) is 18.2 Å². The van der Waals surface area contributed by atoms with Crippen LogP contribution in [-0.2, 0) is 0 Å². The van der Waals surface area contributed by atoms with Gasteiger partial charge in [-0.3, -0.25) is 4.79 Å². The number of carbonyl (C=O) groups excluding carboxylic acids is 1. The number of ether oxygens (including phenoxy) is 2. The topological polar surface area (TPSA) is 47.6 Å². The fourth-order valence-electron chi connectivity index (χ4n) is 2.27. The Bertz CT molecular complexity index is 652. The number of fused-ring (bicyclic) bond motifs is 1. The van der Waals surface area contributed by atoms with Crippen LogP contribution in [0.15, 0.2) is 42.5 Å². The maximum absolute atomic E-state index is 12.6. The van der Waals surface area contributed by atoms with Gasteiger partial charge in [0.25, 0.3) is 0 Å². The van der Waals surface area contributed by atoms with E-state index in [0.29, 0.717) is 29.2 Å². The minimum atomic E-state index is -0.0653. The first kappa shape index (κ1) is 12.5. The van der Waals surface area contributed by atoms with Gasteiger partial charge in [0, 0.05) is 12.1 Å². The lowest BCUT2D eigenvalue weighted by molar-refractivity contribution is 0.103. The Hall–Kier alpha value is -2.49. The predicted octanol–water partition coefficient (Wildman–Crippen LogP) is 2.73. The van der Waals surface area contributed by atoms with Crippen molar-refractivity contribution < 1.29 is 14.3 Å². The fourth-order valence-corrected chi connectivity index (χ4v) is 2.27. The van der Waals surface area contributed by atoms with Crippen LogP contribution in [0.25, 0.3) is 0 Å². The van der Waals surface area contributed by atoms with E-state index in [1.165, 1.54) is 0 Å². The van der Waals surface area contributed by atoms with E-state index in [2.05, 4.69) is 5.32 Å². The first-order valence-electron chi connectivity index (χ1n) is 6.48. The number of anilines is 1. The van der Waals surface area contributed by atoms with Crippen LogP contribution in [0.5, 0.6) is 11.5 Å². The Balaban J connectivity index is 2.02. The second-order valence-electron chi connectivity index (χ2n) is 4.52. The van der Waals surface area contributed by atoms with E-state index < -0.39 is 0 Å². The van der Waals surface area contributed by atoms with Gasteiger partial charge < -0.3 is 14.8 Å². The standard InChI is InChI=1S/C16H15NO3/c1-19-12-5-2-4-11(10-12)15(18)13-6-3-7-14-16(13)20-9-8-17-14/h2-7,10,17H,8-9H2,1H3. The molecule has 2 aromatic carbocycles. The van der Waals surface area contributed by atoms with Crippen LogP contribution in [0.4, 0.5) is 5.69 Å². The quantitative estimate of drug-likeness (QED) is 0.870. The number of para-hydroxylation sites is 1. The number of rotatable bonds is 3. The molecule has 2 aromatic rings. The molecule has 0 saturated carbocycles. The molecule has 0 saturated heterocycles. The molecule has 1 aliphatic rings. The molecular formula is C16H15NO3. The van der Waals surface area contributed by atoms with Gasteiger partial charge in [0.1, 0.15) is 12.4 Å². The fraction of sp³-hybridized carbons (Fsp3) is 0.188. The molecule has 4 nitrogen and oxygen atoms in total. The number of carbonyl (C=O) groups is 1. The zero-order valence-corrected chi connectivity index (χ0v) is 11.2. The number of hydrogen-bond acceptors (Lipinski definition) is 4. The summed E-state index contributed by atoms with van der Waals surface area (Å²) in [5.41, 5.74) is 2.03. The van der Waals surface area contributed by atoms with Crippen LogP contribution in [0.1, 0.15) is 15.9 Å². The molecule has 102 valence electrons. The molecule has 0 bridgehead atoms. The van der Waals surface area contributed by atoms with E-state index in [0.717, 1.165) is 12.2 Å². The van der Waals surface area contributed by atoms with Crippen molar-refractivity contribution in [1.82, 2.24) is 0 Å². The van der Waals surface area contributed by atoms with Crippen molar-refractivity contribution in [3.05, 3.63) is 53.6 Å². The van der Waals surface area contributed by atoms with Crippen LogP contribution in [-0.4, -0.2) is 26.0 Å². The minimum absolute atomic E-state index is 0.0653. The highest BCUT2D eigenvalue weighted by Crippen LogP contribution is 2.32. The molecule has 0 spiro atoms. The predicted molar refractivity (Wildman–Crippen MR) is 76.9 cm³/mol. The number of hydrogen-bond donors (Lipinski definition) is 1. The number of methoxy groups -OCH3 is 1. The Morgan fingerprint density at radius 3 is 2.95 bits per heavy atom. The maximum atomic E-state index is 12.6. The second-order valence-corrected chi connectivity index (χ2v) is 4.52. The van der Waals surface area contributed by atoms with Crippen molar-refractivity contribution in [2.75, 3.05) is 25.6 Å². The molecule has 1 aliphatic heterocycles. The lowest BCUT2D eigenvalue weighted by Gasteiger charge is -2.21. The molecule has 0 unspecified atom stereocenters. The molecule has 0 amide bonds. The number of ketones is 1. The van der Waals surface area contributed by atoms with Crippen molar-refractivity contribution >= 4 is 11.5 Å². The molecular weight excluding hydrogens is 254 g/mol. The SMILES string of the molecule is COc1cccc(C(=O)c2cccc3c2OCCN3)c1. The summed E-state index contributed by atoms with van der Waals surface area (Å²) in [6, 6.07) is 12.7. The summed E-state index contributed by atoms with van der Waals surface area (Å²) in [6.07, 6.45) is 0. The van der Waals surface area contributed by atoms with Crippen LogP contribution in [0, 0.1) is 0 Å². The van der Waals surface area contributed by atoms with E-state index in [9.17, 15) is 4.79 Å². The van der Waals surface area contributed by atoms with Crippen molar-refractivity contribution in [3.63, 3.8) is 0 Å². The van der Waals surface area contributed by atoms with Gasteiger partial charge >= 0.3 is 0 Å². The third-order valence-corrected chi connectivity index (χ3v) is 3.26. The molecule has 0 aromatic heterocycles. The molecule has 20 heavy (non-hydrogen) atoms. The molecule has 3 rings (SSSR count). The monoisotopic (exact) mass is 269 g/mol. The Morgan fingerprint density at radius 2 is 2.10 bits per heavy atom. The molecule has 0 radical (unpaired) electrons. The summed E-state index contributed by atoms with van der Waals surface area (Å²) in [4.78, 5) is 12.6. The third-order valence-electron chi connectivity index (χ3n) is 3.26. The van der Waals surface area contributed by atoms with Crippen LogP contribution >= 0.6 is 0 Å². The zero-order valence-electron chi connectivity index (χ0n) is 11.2.